The Kier molecular flexibility index (Phi) is 5.20. The summed E-state index contributed by atoms with van der Waals surface area (Å²) in [7, 11) is 1.53. The molecule has 0 spiro atoms. The van der Waals surface area contributed by atoms with E-state index in [0.717, 1.165) is 5.39 Å². The number of amides is 1. The number of aryl methyl sites for hydroxylation is 1. The average molecular weight is 392 g/mol. The number of ether oxygens (including phenoxy) is 1. The van der Waals surface area contributed by atoms with Crippen LogP contribution >= 0.6 is 23.2 Å². The molecule has 26 heavy (non-hydrogen) atoms. The molecular formula is C19H15Cl2NO4. The quantitative estimate of drug-likeness (QED) is 0.659. The van der Waals surface area contributed by atoms with Crippen LogP contribution < -0.4 is 15.7 Å². The van der Waals surface area contributed by atoms with Crippen LogP contribution in [0.2, 0.25) is 10.0 Å². The van der Waals surface area contributed by atoms with Gasteiger partial charge in [-0.15, -0.1) is 0 Å². The van der Waals surface area contributed by atoms with E-state index >= 15 is 0 Å². The van der Waals surface area contributed by atoms with E-state index in [4.69, 9.17) is 32.4 Å². The highest BCUT2D eigenvalue weighted by atomic mass is 35.5. The molecule has 1 N–H and O–H groups in total. The molecule has 5 nitrogen and oxygen atoms in total. The molecule has 0 radical (unpaired) electrons. The van der Waals surface area contributed by atoms with Crippen molar-refractivity contribution >= 4 is 45.8 Å². The number of carbonyl (C=O) groups excluding carboxylic acids is 1. The Balaban J connectivity index is 1.90. The minimum atomic E-state index is -0.555. The number of nitrogens with one attached hydrogen (secondary N) is 1. The summed E-state index contributed by atoms with van der Waals surface area (Å²) in [5.41, 5.74) is 1.27. The topological polar surface area (TPSA) is 68.5 Å². The molecule has 3 rings (SSSR count). The van der Waals surface area contributed by atoms with Crippen molar-refractivity contribution in [1.82, 2.24) is 0 Å². The Morgan fingerprint density at radius 1 is 1.19 bits per heavy atom. The molecule has 0 unspecified atom stereocenters. The third kappa shape index (κ3) is 3.69. The van der Waals surface area contributed by atoms with E-state index in [-0.39, 0.29) is 12.3 Å². The Morgan fingerprint density at radius 3 is 2.65 bits per heavy atom. The van der Waals surface area contributed by atoms with Gasteiger partial charge in [0.05, 0.1) is 29.8 Å². The van der Waals surface area contributed by atoms with Crippen molar-refractivity contribution in [2.45, 2.75) is 13.3 Å². The molecule has 0 fully saturated rings. The molecule has 2 aromatic carbocycles. The number of halogens is 2. The van der Waals surface area contributed by atoms with Gasteiger partial charge in [-0.25, -0.2) is 4.79 Å². The Morgan fingerprint density at radius 2 is 1.96 bits per heavy atom. The Labute approximate surface area is 159 Å². The van der Waals surface area contributed by atoms with Gasteiger partial charge < -0.3 is 14.5 Å². The van der Waals surface area contributed by atoms with Crippen LogP contribution in [0.5, 0.6) is 5.75 Å². The highest BCUT2D eigenvalue weighted by molar-refractivity contribution is 6.36. The van der Waals surface area contributed by atoms with Gasteiger partial charge in [-0.05, 0) is 42.8 Å². The van der Waals surface area contributed by atoms with Gasteiger partial charge >= 0.3 is 5.63 Å². The van der Waals surface area contributed by atoms with Crippen LogP contribution in [0.25, 0.3) is 11.0 Å². The molecule has 1 aromatic heterocycles. The van der Waals surface area contributed by atoms with Gasteiger partial charge in [-0.2, -0.15) is 0 Å². The van der Waals surface area contributed by atoms with Crippen LogP contribution in [0.15, 0.2) is 45.6 Å². The molecule has 3 aromatic rings. The summed E-state index contributed by atoms with van der Waals surface area (Å²) in [4.78, 5) is 24.7. The maximum Gasteiger partial charge on any atom is 0.340 e. The van der Waals surface area contributed by atoms with Gasteiger partial charge in [-0.3, -0.25) is 4.79 Å². The molecule has 7 heteroatoms. The first-order valence-corrected chi connectivity index (χ1v) is 8.50. The maximum absolute atomic E-state index is 12.4. The number of rotatable bonds is 4. The molecular weight excluding hydrogens is 377 g/mol. The third-order valence-electron chi connectivity index (χ3n) is 4.04. The lowest BCUT2D eigenvalue weighted by Gasteiger charge is -2.10. The summed E-state index contributed by atoms with van der Waals surface area (Å²) in [6.07, 6.45) is -0.130. The second kappa shape index (κ2) is 7.40. The largest absolute Gasteiger partial charge is 0.497 e. The predicted molar refractivity (Wildman–Crippen MR) is 103 cm³/mol. The van der Waals surface area contributed by atoms with Crippen molar-refractivity contribution in [2.24, 2.45) is 0 Å². The van der Waals surface area contributed by atoms with E-state index in [2.05, 4.69) is 5.32 Å². The van der Waals surface area contributed by atoms with Gasteiger partial charge in [-0.1, -0.05) is 23.2 Å². The van der Waals surface area contributed by atoms with E-state index in [1.807, 2.05) is 0 Å². The van der Waals surface area contributed by atoms with Crippen molar-refractivity contribution < 1.29 is 13.9 Å². The lowest BCUT2D eigenvalue weighted by Crippen LogP contribution is -2.20. The second-order valence-corrected chi connectivity index (χ2v) is 6.55. The van der Waals surface area contributed by atoms with Crippen LogP contribution in [0, 0.1) is 6.92 Å². The van der Waals surface area contributed by atoms with Crippen LogP contribution in [0.3, 0.4) is 0 Å². The molecule has 0 aliphatic rings. The van der Waals surface area contributed by atoms with Crippen molar-refractivity contribution in [2.75, 3.05) is 12.4 Å². The fourth-order valence-corrected chi connectivity index (χ4v) is 3.11. The second-order valence-electron chi connectivity index (χ2n) is 5.70. The van der Waals surface area contributed by atoms with E-state index < -0.39 is 5.63 Å². The minimum Gasteiger partial charge on any atom is -0.497 e. The van der Waals surface area contributed by atoms with Crippen molar-refractivity contribution in [3.05, 3.63) is 68.0 Å². The van der Waals surface area contributed by atoms with Crippen molar-refractivity contribution in [1.29, 1.82) is 0 Å². The number of carbonyl (C=O) groups is 1. The van der Waals surface area contributed by atoms with Crippen LogP contribution in [0.1, 0.15) is 11.1 Å². The van der Waals surface area contributed by atoms with Gasteiger partial charge in [0.2, 0.25) is 5.91 Å². The highest BCUT2D eigenvalue weighted by Gasteiger charge is 2.16. The van der Waals surface area contributed by atoms with Gasteiger partial charge in [0.25, 0.3) is 0 Å². The molecule has 0 saturated carbocycles. The smallest absolute Gasteiger partial charge is 0.340 e. The SMILES string of the molecule is COc1ccc2c(C)c(CC(=O)Nc3ccc(Cl)cc3Cl)c(=O)oc2c1. The number of methoxy groups -OCH3 is 1. The zero-order chi connectivity index (χ0) is 18.8. The molecule has 1 amide bonds. The average Bonchev–Trinajstić information content (AvgIpc) is 2.60. The first kappa shape index (κ1) is 18.3. The summed E-state index contributed by atoms with van der Waals surface area (Å²) < 4.78 is 10.5. The van der Waals surface area contributed by atoms with Crippen LogP contribution in [0.4, 0.5) is 5.69 Å². The monoisotopic (exact) mass is 391 g/mol. The first-order valence-electron chi connectivity index (χ1n) is 7.74. The number of fused-ring (bicyclic) bond motifs is 1. The zero-order valence-corrected chi connectivity index (χ0v) is 15.6. The fourth-order valence-electron chi connectivity index (χ4n) is 2.65. The molecule has 1 heterocycles. The predicted octanol–water partition coefficient (Wildman–Crippen LogP) is 4.60. The number of benzene rings is 2. The number of hydrogen-bond donors (Lipinski definition) is 1. The van der Waals surface area contributed by atoms with Gasteiger partial charge in [0.15, 0.2) is 0 Å². The summed E-state index contributed by atoms with van der Waals surface area (Å²) in [6.45, 7) is 1.78. The van der Waals surface area contributed by atoms with Crippen molar-refractivity contribution in [3.8, 4) is 5.75 Å². The van der Waals surface area contributed by atoms with Gasteiger partial charge in [0.1, 0.15) is 11.3 Å². The fraction of sp³-hybridized carbons (Fsp3) is 0.158. The summed E-state index contributed by atoms with van der Waals surface area (Å²) in [6, 6.07) is 9.95. The molecule has 134 valence electrons. The summed E-state index contributed by atoms with van der Waals surface area (Å²) in [5.74, 6) is 0.209. The van der Waals surface area contributed by atoms with E-state index in [0.29, 0.717) is 38.2 Å². The molecule has 0 aliphatic heterocycles. The van der Waals surface area contributed by atoms with E-state index in [9.17, 15) is 9.59 Å². The normalized spacial score (nSPS) is 10.8. The number of hydrogen-bond acceptors (Lipinski definition) is 4. The Hall–Kier alpha value is -2.50. The standard InChI is InChI=1S/C19H15Cl2NO4/c1-10-13-5-4-12(25-2)8-17(13)26-19(24)14(10)9-18(23)22-16-6-3-11(20)7-15(16)21/h3-8H,9H2,1-2H3,(H,22,23). The van der Waals surface area contributed by atoms with E-state index in [1.54, 1.807) is 37.3 Å². The lowest BCUT2D eigenvalue weighted by molar-refractivity contribution is -0.115. The summed E-state index contributed by atoms with van der Waals surface area (Å²) >= 11 is 11.9. The highest BCUT2D eigenvalue weighted by Crippen LogP contribution is 2.26. The molecule has 0 aliphatic carbocycles. The van der Waals surface area contributed by atoms with E-state index in [1.165, 1.54) is 13.2 Å². The van der Waals surface area contributed by atoms with Crippen LogP contribution in [-0.4, -0.2) is 13.0 Å². The van der Waals surface area contributed by atoms with Crippen LogP contribution in [-0.2, 0) is 11.2 Å². The number of anilines is 1. The van der Waals surface area contributed by atoms with Crippen molar-refractivity contribution in [3.63, 3.8) is 0 Å². The minimum absolute atomic E-state index is 0.130. The first-order chi connectivity index (χ1) is 12.4. The summed E-state index contributed by atoms with van der Waals surface area (Å²) in [5, 5.41) is 4.21. The molecule has 0 saturated heterocycles. The molecule has 0 bridgehead atoms. The molecule has 0 atom stereocenters. The lowest BCUT2D eigenvalue weighted by atomic mass is 10.0. The Bertz CT molecular complexity index is 1060. The maximum atomic E-state index is 12.4. The zero-order valence-electron chi connectivity index (χ0n) is 14.1. The van der Waals surface area contributed by atoms with Gasteiger partial charge in [0, 0.05) is 16.5 Å². The third-order valence-corrected chi connectivity index (χ3v) is 4.58.